The van der Waals surface area contributed by atoms with Crippen LogP contribution >= 0.6 is 24.0 Å². The van der Waals surface area contributed by atoms with Crippen molar-refractivity contribution >= 4 is 29.9 Å². The largest absolute Gasteiger partial charge is 0.504 e. The molecule has 0 bridgehead atoms. The molecule has 28 heavy (non-hydrogen) atoms. The highest BCUT2D eigenvalue weighted by Crippen LogP contribution is 2.54. The lowest BCUT2D eigenvalue weighted by Gasteiger charge is -2.54. The first-order valence-corrected chi connectivity index (χ1v) is 10.1. The van der Waals surface area contributed by atoms with Crippen molar-refractivity contribution in [2.75, 3.05) is 20.3 Å². The van der Waals surface area contributed by atoms with Crippen molar-refractivity contribution in [1.29, 1.82) is 0 Å². The predicted molar refractivity (Wildman–Crippen MR) is 123 cm³/mol. The molecule has 0 aliphatic heterocycles. The fraction of sp³-hybridized carbons (Fsp3) is 0.667. The van der Waals surface area contributed by atoms with Crippen molar-refractivity contribution in [2.24, 2.45) is 10.4 Å². The molecule has 6 nitrogen and oxygen atoms in total. The van der Waals surface area contributed by atoms with Gasteiger partial charge in [-0.25, -0.2) is 4.99 Å². The van der Waals surface area contributed by atoms with E-state index in [0.717, 1.165) is 31.1 Å². The number of phenolic OH excluding ortho intramolecular Hbond substituents is 1. The van der Waals surface area contributed by atoms with Crippen LogP contribution in [0.15, 0.2) is 23.2 Å². The Morgan fingerprint density at radius 1 is 1.29 bits per heavy atom. The zero-order valence-corrected chi connectivity index (χ0v) is 19.5. The van der Waals surface area contributed by atoms with E-state index in [1.54, 1.807) is 19.2 Å². The molecule has 2 saturated carbocycles. The maximum Gasteiger partial charge on any atom is 0.191 e. The van der Waals surface area contributed by atoms with Gasteiger partial charge in [-0.1, -0.05) is 18.9 Å². The quantitative estimate of drug-likeness (QED) is 0.300. The van der Waals surface area contributed by atoms with Gasteiger partial charge in [0.05, 0.1) is 19.8 Å². The van der Waals surface area contributed by atoms with E-state index < -0.39 is 0 Å². The van der Waals surface area contributed by atoms with Crippen LogP contribution in [-0.2, 0) is 11.3 Å². The number of hydrogen-bond acceptors (Lipinski definition) is 4. The number of hydrogen-bond donors (Lipinski definition) is 3. The molecule has 1 spiro atoms. The van der Waals surface area contributed by atoms with Crippen molar-refractivity contribution in [3.8, 4) is 11.5 Å². The molecule has 3 rings (SSSR count). The van der Waals surface area contributed by atoms with Gasteiger partial charge in [0.1, 0.15) is 0 Å². The Morgan fingerprint density at radius 2 is 2.04 bits per heavy atom. The monoisotopic (exact) mass is 503 g/mol. The van der Waals surface area contributed by atoms with Gasteiger partial charge in [0.25, 0.3) is 0 Å². The third-order valence-electron chi connectivity index (χ3n) is 6.01. The van der Waals surface area contributed by atoms with Gasteiger partial charge in [0, 0.05) is 24.6 Å². The number of nitrogens with zero attached hydrogens (tertiary/aromatic N) is 1. The maximum atomic E-state index is 9.95. The fourth-order valence-electron chi connectivity index (χ4n) is 4.58. The molecule has 158 valence electrons. The van der Waals surface area contributed by atoms with Crippen LogP contribution in [0, 0.1) is 5.41 Å². The van der Waals surface area contributed by atoms with Crippen molar-refractivity contribution in [3.05, 3.63) is 23.8 Å². The molecular weight excluding hydrogens is 469 g/mol. The van der Waals surface area contributed by atoms with Crippen LogP contribution in [0.5, 0.6) is 11.5 Å². The maximum absolute atomic E-state index is 9.95. The van der Waals surface area contributed by atoms with Crippen LogP contribution in [0.25, 0.3) is 0 Å². The first-order valence-electron chi connectivity index (χ1n) is 10.1. The molecule has 2 aliphatic rings. The summed E-state index contributed by atoms with van der Waals surface area (Å²) in [4.78, 5) is 4.73. The molecule has 1 aromatic carbocycles. The number of benzene rings is 1. The van der Waals surface area contributed by atoms with E-state index in [-0.39, 0.29) is 35.1 Å². The first-order chi connectivity index (χ1) is 13.1. The normalized spacial score (nSPS) is 23.0. The molecule has 2 aliphatic carbocycles. The van der Waals surface area contributed by atoms with Crippen molar-refractivity contribution < 1.29 is 14.6 Å². The minimum Gasteiger partial charge on any atom is -0.504 e. The Hall–Kier alpha value is -1.22. The molecule has 2 atom stereocenters. The minimum atomic E-state index is 0. The van der Waals surface area contributed by atoms with Gasteiger partial charge in [0.2, 0.25) is 0 Å². The Balaban J connectivity index is 0.00000280. The second-order valence-electron chi connectivity index (χ2n) is 7.52. The average molecular weight is 503 g/mol. The number of nitrogens with one attached hydrogen (secondary N) is 2. The summed E-state index contributed by atoms with van der Waals surface area (Å²) in [6.07, 6.45) is 6.48. The highest BCUT2D eigenvalue weighted by molar-refractivity contribution is 14.0. The summed E-state index contributed by atoms with van der Waals surface area (Å²) in [5.41, 5.74) is 1.21. The topological polar surface area (TPSA) is 75.1 Å². The van der Waals surface area contributed by atoms with Crippen molar-refractivity contribution in [1.82, 2.24) is 10.6 Å². The third-order valence-corrected chi connectivity index (χ3v) is 6.01. The van der Waals surface area contributed by atoms with Crippen LogP contribution in [-0.4, -0.2) is 43.5 Å². The number of methoxy groups -OCH3 is 1. The Morgan fingerprint density at radius 3 is 2.64 bits per heavy atom. The smallest absolute Gasteiger partial charge is 0.191 e. The minimum absolute atomic E-state index is 0. The van der Waals surface area contributed by atoms with Crippen molar-refractivity contribution in [2.45, 2.75) is 64.6 Å². The molecule has 7 heteroatoms. The van der Waals surface area contributed by atoms with Crippen LogP contribution in [0.3, 0.4) is 0 Å². The number of rotatable bonds is 7. The van der Waals surface area contributed by atoms with E-state index in [9.17, 15) is 5.11 Å². The highest BCUT2D eigenvalue weighted by atomic mass is 127. The molecule has 0 amide bonds. The molecule has 1 aromatic rings. The predicted octanol–water partition coefficient (Wildman–Crippen LogP) is 3.81. The van der Waals surface area contributed by atoms with E-state index >= 15 is 0 Å². The second kappa shape index (κ2) is 10.5. The average Bonchev–Trinajstić information content (AvgIpc) is 3.18. The van der Waals surface area contributed by atoms with Gasteiger partial charge in [-0.2, -0.15) is 0 Å². The lowest BCUT2D eigenvalue weighted by Crippen LogP contribution is -2.65. The summed E-state index contributed by atoms with van der Waals surface area (Å²) in [5, 5.41) is 17.0. The molecule has 3 N–H and O–H groups in total. The zero-order valence-electron chi connectivity index (χ0n) is 17.2. The SMILES string of the molecule is CCNC(=NCc1ccc(OC)c(O)c1)NC1CC(OCC)C12CCCC2.I. The van der Waals surface area contributed by atoms with Crippen LogP contribution < -0.4 is 15.4 Å². The number of guanidine groups is 1. The van der Waals surface area contributed by atoms with Crippen LogP contribution in [0.4, 0.5) is 0 Å². The highest BCUT2D eigenvalue weighted by Gasteiger charge is 2.56. The number of halogens is 1. The summed E-state index contributed by atoms with van der Waals surface area (Å²) in [6.45, 7) is 6.26. The van der Waals surface area contributed by atoms with E-state index in [1.165, 1.54) is 25.7 Å². The molecule has 0 saturated heterocycles. The van der Waals surface area contributed by atoms with Gasteiger partial charge >= 0.3 is 0 Å². The van der Waals surface area contributed by atoms with Gasteiger partial charge in [0.15, 0.2) is 17.5 Å². The Kier molecular flexibility index (Phi) is 8.67. The van der Waals surface area contributed by atoms with Crippen molar-refractivity contribution in [3.63, 3.8) is 0 Å². The van der Waals surface area contributed by atoms with E-state index in [4.69, 9.17) is 14.5 Å². The van der Waals surface area contributed by atoms with Crippen LogP contribution in [0.2, 0.25) is 0 Å². The molecule has 0 radical (unpaired) electrons. The zero-order chi connectivity index (χ0) is 19.3. The molecular formula is C21H34IN3O3. The molecule has 0 aromatic heterocycles. The number of phenols is 1. The van der Waals surface area contributed by atoms with Gasteiger partial charge in [-0.15, -0.1) is 24.0 Å². The lowest BCUT2D eigenvalue weighted by molar-refractivity contribution is -0.125. The van der Waals surface area contributed by atoms with E-state index in [2.05, 4.69) is 24.5 Å². The van der Waals surface area contributed by atoms with Gasteiger partial charge in [-0.05, 0) is 50.8 Å². The molecule has 2 unspecified atom stereocenters. The summed E-state index contributed by atoms with van der Waals surface area (Å²) in [5.74, 6) is 1.46. The summed E-state index contributed by atoms with van der Waals surface area (Å²) < 4.78 is 11.1. The van der Waals surface area contributed by atoms with Crippen LogP contribution in [0.1, 0.15) is 51.5 Å². The lowest BCUT2D eigenvalue weighted by atomic mass is 9.60. The summed E-state index contributed by atoms with van der Waals surface area (Å²) in [6, 6.07) is 5.82. The number of aliphatic imine (C=N–C) groups is 1. The Bertz CT molecular complexity index is 662. The summed E-state index contributed by atoms with van der Waals surface area (Å²) >= 11 is 0. The third kappa shape index (κ3) is 4.84. The van der Waals surface area contributed by atoms with E-state index in [1.807, 2.05) is 6.07 Å². The number of ether oxygens (including phenoxy) is 2. The fourth-order valence-corrected chi connectivity index (χ4v) is 4.58. The Labute approximate surface area is 185 Å². The summed E-state index contributed by atoms with van der Waals surface area (Å²) in [7, 11) is 1.55. The van der Waals surface area contributed by atoms with Gasteiger partial charge < -0.3 is 25.2 Å². The first kappa shape index (κ1) is 23.1. The number of aromatic hydroxyl groups is 1. The molecule has 2 fully saturated rings. The second-order valence-corrected chi connectivity index (χ2v) is 7.52. The van der Waals surface area contributed by atoms with E-state index in [0.29, 0.717) is 24.4 Å². The standard InChI is InChI=1S/C21H33N3O3.HI/c1-4-22-20(23-14-15-8-9-17(26-3)16(25)12-15)24-18-13-19(27-5-2)21(18)10-6-7-11-21;/h8-9,12,18-19,25H,4-7,10-11,13-14H2,1-3H3,(H2,22,23,24);1H. The molecule has 0 heterocycles. The van der Waals surface area contributed by atoms with Gasteiger partial charge in [-0.3, -0.25) is 0 Å².